The van der Waals surface area contributed by atoms with Gasteiger partial charge in [0.15, 0.2) is 0 Å². The second-order valence-electron chi connectivity index (χ2n) is 6.36. The van der Waals surface area contributed by atoms with Crippen molar-refractivity contribution in [3.8, 4) is 0 Å². The molecular weight excluding hydrogens is 333 g/mol. The van der Waals surface area contributed by atoms with Crippen LogP contribution in [0.5, 0.6) is 0 Å². The smallest absolute Gasteiger partial charge is 0.241 e. The van der Waals surface area contributed by atoms with Crippen molar-refractivity contribution < 1.29 is 14.0 Å². The van der Waals surface area contributed by atoms with Crippen LogP contribution in [0.1, 0.15) is 18.1 Å². The number of likely N-dealkylation sites (N-methyl/N-ethyl adjacent to an activating group) is 1. The molecule has 1 atom stereocenters. The van der Waals surface area contributed by atoms with Gasteiger partial charge in [-0.3, -0.25) is 14.5 Å². The lowest BCUT2D eigenvalue weighted by molar-refractivity contribution is -0.122. The van der Waals surface area contributed by atoms with Gasteiger partial charge >= 0.3 is 0 Å². The van der Waals surface area contributed by atoms with Crippen molar-refractivity contribution in [3.63, 3.8) is 0 Å². The molecule has 0 aliphatic heterocycles. The molecule has 26 heavy (non-hydrogen) atoms. The van der Waals surface area contributed by atoms with Gasteiger partial charge in [-0.2, -0.15) is 0 Å². The molecule has 0 radical (unpaired) electrons. The molecule has 2 amide bonds. The van der Waals surface area contributed by atoms with Gasteiger partial charge in [0, 0.05) is 5.69 Å². The lowest BCUT2D eigenvalue weighted by Gasteiger charge is -2.23. The van der Waals surface area contributed by atoms with Gasteiger partial charge in [0.1, 0.15) is 5.82 Å². The summed E-state index contributed by atoms with van der Waals surface area (Å²) in [7, 11) is 1.67. The van der Waals surface area contributed by atoms with Crippen molar-refractivity contribution in [2.75, 3.05) is 24.2 Å². The predicted octanol–water partition coefficient (Wildman–Crippen LogP) is 3.34. The molecule has 2 rings (SSSR count). The highest BCUT2D eigenvalue weighted by atomic mass is 19.1. The minimum atomic E-state index is -0.598. The molecule has 0 saturated carbocycles. The van der Waals surface area contributed by atoms with Gasteiger partial charge in [-0.1, -0.05) is 24.3 Å². The molecule has 0 saturated heterocycles. The van der Waals surface area contributed by atoms with Crippen molar-refractivity contribution in [2.24, 2.45) is 0 Å². The van der Waals surface area contributed by atoms with Crippen LogP contribution in [0, 0.1) is 19.7 Å². The Morgan fingerprint density at radius 2 is 1.69 bits per heavy atom. The van der Waals surface area contributed by atoms with E-state index in [0.29, 0.717) is 0 Å². The van der Waals surface area contributed by atoms with Crippen molar-refractivity contribution in [3.05, 3.63) is 59.4 Å². The summed E-state index contributed by atoms with van der Waals surface area (Å²) in [4.78, 5) is 26.2. The van der Waals surface area contributed by atoms with Crippen molar-refractivity contribution in [2.45, 2.75) is 26.8 Å². The van der Waals surface area contributed by atoms with Gasteiger partial charge < -0.3 is 10.6 Å². The van der Waals surface area contributed by atoms with E-state index in [1.165, 1.54) is 12.1 Å². The van der Waals surface area contributed by atoms with Gasteiger partial charge in [0.2, 0.25) is 11.8 Å². The number of nitrogens with one attached hydrogen (secondary N) is 2. The van der Waals surface area contributed by atoms with Gasteiger partial charge in [-0.05, 0) is 57.1 Å². The van der Waals surface area contributed by atoms with Gasteiger partial charge in [0.25, 0.3) is 0 Å². The molecule has 2 aromatic carbocycles. The number of carbonyl (C=O) groups excluding carboxylic acids is 2. The third-order valence-electron chi connectivity index (χ3n) is 4.44. The SMILES string of the molecule is Cc1cccc(NC(=O)CN(C)[C@@H](C)C(=O)Nc2ccccc2F)c1C. The van der Waals surface area contributed by atoms with Crippen molar-refractivity contribution >= 4 is 23.2 Å². The Bertz CT molecular complexity index is 807. The number of halogens is 1. The normalized spacial score (nSPS) is 11.9. The van der Waals surface area contributed by atoms with Crippen molar-refractivity contribution in [1.29, 1.82) is 0 Å². The molecule has 0 aliphatic carbocycles. The highest BCUT2D eigenvalue weighted by Crippen LogP contribution is 2.18. The van der Waals surface area contributed by atoms with Crippen LogP contribution in [0.2, 0.25) is 0 Å². The highest BCUT2D eigenvalue weighted by molar-refractivity contribution is 5.96. The zero-order valence-electron chi connectivity index (χ0n) is 15.5. The minimum absolute atomic E-state index is 0.0409. The quantitative estimate of drug-likeness (QED) is 0.834. The van der Waals surface area contributed by atoms with E-state index < -0.39 is 11.9 Å². The van der Waals surface area contributed by atoms with E-state index in [0.717, 1.165) is 16.8 Å². The summed E-state index contributed by atoms with van der Waals surface area (Å²) in [6.07, 6.45) is 0. The summed E-state index contributed by atoms with van der Waals surface area (Å²) in [6.45, 7) is 5.63. The zero-order chi connectivity index (χ0) is 19.3. The molecule has 0 aliphatic rings. The van der Waals surface area contributed by atoms with Crippen LogP contribution in [-0.2, 0) is 9.59 Å². The first kappa shape index (κ1) is 19.6. The number of nitrogens with zero attached hydrogens (tertiary/aromatic N) is 1. The Balaban J connectivity index is 1.94. The summed E-state index contributed by atoms with van der Waals surface area (Å²) in [5.41, 5.74) is 2.98. The van der Waals surface area contributed by atoms with Gasteiger partial charge in [0.05, 0.1) is 18.3 Å². The van der Waals surface area contributed by atoms with E-state index in [1.807, 2.05) is 32.0 Å². The highest BCUT2D eigenvalue weighted by Gasteiger charge is 2.21. The van der Waals surface area contributed by atoms with Crippen LogP contribution in [0.15, 0.2) is 42.5 Å². The molecule has 0 aromatic heterocycles. The van der Waals surface area contributed by atoms with Crippen LogP contribution in [-0.4, -0.2) is 36.3 Å². The molecule has 2 aromatic rings. The maximum Gasteiger partial charge on any atom is 0.241 e. The Morgan fingerprint density at radius 3 is 2.38 bits per heavy atom. The first-order valence-corrected chi connectivity index (χ1v) is 8.41. The van der Waals surface area contributed by atoms with Crippen LogP contribution < -0.4 is 10.6 Å². The molecule has 2 N–H and O–H groups in total. The molecule has 0 unspecified atom stereocenters. The summed E-state index contributed by atoms with van der Waals surface area (Å²) < 4.78 is 13.6. The summed E-state index contributed by atoms with van der Waals surface area (Å²) in [6, 6.07) is 11.1. The third kappa shape index (κ3) is 4.89. The average Bonchev–Trinajstić information content (AvgIpc) is 2.60. The Hall–Kier alpha value is -2.73. The average molecular weight is 357 g/mol. The molecule has 6 heteroatoms. The standard InChI is InChI=1S/C20H24FN3O2/c1-13-8-7-11-17(14(13)2)22-19(25)12-24(4)15(3)20(26)23-18-10-6-5-9-16(18)21/h5-11,15H,12H2,1-4H3,(H,22,25)(H,23,26)/t15-/m0/s1. The first-order chi connectivity index (χ1) is 12.3. The number of para-hydroxylation sites is 1. The second kappa shape index (κ2) is 8.58. The number of rotatable bonds is 6. The summed E-state index contributed by atoms with van der Waals surface area (Å²) in [5.74, 6) is -1.09. The molecule has 0 bridgehead atoms. The van der Waals surface area contributed by atoms with E-state index in [2.05, 4.69) is 10.6 Å². The number of hydrogen-bond donors (Lipinski definition) is 2. The van der Waals surface area contributed by atoms with Crippen LogP contribution in [0.25, 0.3) is 0 Å². The summed E-state index contributed by atoms with van der Waals surface area (Å²) in [5, 5.41) is 5.41. The monoisotopic (exact) mass is 357 g/mol. The molecule has 138 valence electrons. The number of hydrogen-bond acceptors (Lipinski definition) is 3. The van der Waals surface area contributed by atoms with Crippen molar-refractivity contribution in [1.82, 2.24) is 4.90 Å². The maximum atomic E-state index is 13.6. The fourth-order valence-electron chi connectivity index (χ4n) is 2.44. The summed E-state index contributed by atoms with van der Waals surface area (Å²) >= 11 is 0. The van der Waals surface area contributed by atoms with E-state index in [-0.39, 0.29) is 24.0 Å². The topological polar surface area (TPSA) is 61.4 Å². The van der Waals surface area contributed by atoms with Crippen LogP contribution in [0.3, 0.4) is 0 Å². The predicted molar refractivity (Wildman–Crippen MR) is 102 cm³/mol. The molecule has 5 nitrogen and oxygen atoms in total. The Morgan fingerprint density at radius 1 is 1.04 bits per heavy atom. The number of benzene rings is 2. The second-order valence-corrected chi connectivity index (χ2v) is 6.36. The fourth-order valence-corrected chi connectivity index (χ4v) is 2.44. The maximum absolute atomic E-state index is 13.6. The molecule has 0 fully saturated rings. The molecule has 0 spiro atoms. The van der Waals surface area contributed by atoms with E-state index in [9.17, 15) is 14.0 Å². The first-order valence-electron chi connectivity index (χ1n) is 8.41. The minimum Gasteiger partial charge on any atom is -0.325 e. The fraction of sp³-hybridized carbons (Fsp3) is 0.300. The third-order valence-corrected chi connectivity index (χ3v) is 4.44. The van der Waals surface area contributed by atoms with E-state index in [4.69, 9.17) is 0 Å². The largest absolute Gasteiger partial charge is 0.325 e. The van der Waals surface area contributed by atoms with E-state index >= 15 is 0 Å². The van der Waals surface area contributed by atoms with Crippen LogP contribution >= 0.6 is 0 Å². The van der Waals surface area contributed by atoms with E-state index in [1.54, 1.807) is 31.0 Å². The van der Waals surface area contributed by atoms with Gasteiger partial charge in [-0.25, -0.2) is 4.39 Å². The zero-order valence-corrected chi connectivity index (χ0v) is 15.5. The lowest BCUT2D eigenvalue weighted by Crippen LogP contribution is -2.43. The van der Waals surface area contributed by atoms with Gasteiger partial charge in [-0.15, -0.1) is 0 Å². The number of anilines is 2. The number of aryl methyl sites for hydroxylation is 1. The number of carbonyl (C=O) groups is 2. The number of amides is 2. The Kier molecular flexibility index (Phi) is 6.46. The lowest BCUT2D eigenvalue weighted by atomic mass is 10.1. The molecule has 0 heterocycles. The molecular formula is C20H24FN3O2. The van der Waals surface area contributed by atoms with Crippen LogP contribution in [0.4, 0.5) is 15.8 Å². The Labute approximate surface area is 153 Å².